The smallest absolute Gasteiger partial charge is 0.298 e. The van der Waals surface area contributed by atoms with Gasteiger partial charge in [0.25, 0.3) is 11.1 Å². The molecule has 2 aliphatic rings. The van der Waals surface area contributed by atoms with E-state index in [2.05, 4.69) is 16.8 Å². The van der Waals surface area contributed by atoms with Crippen molar-refractivity contribution in [2.45, 2.75) is 19.3 Å². The molecular formula is C33H37N3O5S. The average Bonchev–Trinajstić information content (AvgIpc) is 3.29. The standard InChI is InChI=1S/C33H37N3O5S/c1-34-19-21-35(22-20-34)18-4-3-5-23-40-28-12-8-26(9-13-28)36-32(37)31(42-33(36)38)24-25-6-10-29(11-7-25)41-30-16-14-27(39-2)15-17-30/h6-17,24H,3-5,18-23H2,1-2H3. The summed E-state index contributed by atoms with van der Waals surface area (Å²) in [5.41, 5.74) is 1.33. The summed E-state index contributed by atoms with van der Waals surface area (Å²) in [4.78, 5) is 32.3. The fraction of sp³-hybridized carbons (Fsp3) is 0.333. The Balaban J connectivity index is 1.08. The van der Waals surface area contributed by atoms with E-state index >= 15 is 0 Å². The first-order valence-electron chi connectivity index (χ1n) is 14.3. The minimum absolute atomic E-state index is 0.320. The molecule has 2 fully saturated rings. The highest BCUT2D eigenvalue weighted by molar-refractivity contribution is 8.19. The van der Waals surface area contributed by atoms with E-state index in [0.29, 0.717) is 28.7 Å². The molecule has 2 saturated heterocycles. The van der Waals surface area contributed by atoms with Crippen LogP contribution in [0.25, 0.3) is 6.08 Å². The van der Waals surface area contributed by atoms with Crippen molar-refractivity contribution in [1.82, 2.24) is 9.80 Å². The van der Waals surface area contributed by atoms with E-state index in [9.17, 15) is 9.59 Å². The van der Waals surface area contributed by atoms with Crippen molar-refractivity contribution < 1.29 is 23.8 Å². The van der Waals surface area contributed by atoms with E-state index in [1.807, 2.05) is 60.7 Å². The number of unbranched alkanes of at least 4 members (excludes halogenated alkanes) is 2. The Kier molecular flexibility index (Phi) is 10.2. The molecule has 0 saturated carbocycles. The van der Waals surface area contributed by atoms with Crippen molar-refractivity contribution in [3.63, 3.8) is 0 Å². The van der Waals surface area contributed by atoms with Crippen LogP contribution in [0.3, 0.4) is 0 Å². The maximum atomic E-state index is 13.1. The summed E-state index contributed by atoms with van der Waals surface area (Å²) in [6, 6.07) is 21.8. The number of anilines is 1. The molecule has 0 aliphatic carbocycles. The van der Waals surface area contributed by atoms with Crippen LogP contribution < -0.4 is 19.1 Å². The van der Waals surface area contributed by atoms with Crippen LogP contribution in [-0.2, 0) is 4.79 Å². The highest BCUT2D eigenvalue weighted by atomic mass is 32.2. The van der Waals surface area contributed by atoms with Gasteiger partial charge in [-0.05, 0) is 117 Å². The second-order valence-corrected chi connectivity index (χ2v) is 11.4. The highest BCUT2D eigenvalue weighted by Crippen LogP contribution is 2.36. The summed E-state index contributed by atoms with van der Waals surface area (Å²) >= 11 is 0.936. The van der Waals surface area contributed by atoms with Crippen molar-refractivity contribution in [1.29, 1.82) is 0 Å². The first-order valence-corrected chi connectivity index (χ1v) is 15.1. The number of rotatable bonds is 12. The lowest BCUT2D eigenvalue weighted by molar-refractivity contribution is -0.113. The van der Waals surface area contributed by atoms with Gasteiger partial charge in [0.05, 0.1) is 24.3 Å². The molecule has 42 heavy (non-hydrogen) atoms. The number of imide groups is 1. The fourth-order valence-electron chi connectivity index (χ4n) is 4.82. The Hall–Kier alpha value is -3.79. The van der Waals surface area contributed by atoms with Crippen LogP contribution in [-0.4, -0.2) is 74.4 Å². The number of methoxy groups -OCH3 is 1. The largest absolute Gasteiger partial charge is 0.497 e. The van der Waals surface area contributed by atoms with E-state index in [-0.39, 0.29) is 11.1 Å². The first kappa shape index (κ1) is 29.7. The predicted octanol–water partition coefficient (Wildman–Crippen LogP) is 6.52. The number of amides is 2. The minimum Gasteiger partial charge on any atom is -0.497 e. The lowest BCUT2D eigenvalue weighted by atomic mass is 10.2. The number of hydrogen-bond donors (Lipinski definition) is 0. The van der Waals surface area contributed by atoms with Gasteiger partial charge < -0.3 is 24.0 Å². The van der Waals surface area contributed by atoms with Crippen molar-refractivity contribution in [3.8, 4) is 23.0 Å². The average molecular weight is 588 g/mol. The summed E-state index contributed by atoms with van der Waals surface area (Å²) in [6.07, 6.45) is 5.04. The van der Waals surface area contributed by atoms with Crippen molar-refractivity contribution in [3.05, 3.63) is 83.3 Å². The third-order valence-corrected chi connectivity index (χ3v) is 8.21. The number of likely N-dealkylation sites (N-methyl/N-ethyl adjacent to an activating group) is 1. The highest BCUT2D eigenvalue weighted by Gasteiger charge is 2.36. The van der Waals surface area contributed by atoms with Gasteiger partial charge in [0, 0.05) is 26.2 Å². The zero-order chi connectivity index (χ0) is 29.3. The van der Waals surface area contributed by atoms with Crippen LogP contribution in [0.2, 0.25) is 0 Å². The van der Waals surface area contributed by atoms with Gasteiger partial charge in [-0.3, -0.25) is 9.59 Å². The SMILES string of the molecule is COc1ccc(Oc2ccc(C=C3SC(=O)N(c4ccc(OCCCCCN5CCN(C)CC5)cc4)C3=O)cc2)cc1. The zero-order valence-electron chi connectivity index (χ0n) is 24.2. The van der Waals surface area contributed by atoms with Gasteiger partial charge in [-0.25, -0.2) is 4.90 Å². The van der Waals surface area contributed by atoms with Gasteiger partial charge in [-0.15, -0.1) is 0 Å². The monoisotopic (exact) mass is 587 g/mol. The summed E-state index contributed by atoms with van der Waals surface area (Å²) < 4.78 is 16.9. The van der Waals surface area contributed by atoms with Crippen LogP contribution in [0.5, 0.6) is 23.0 Å². The van der Waals surface area contributed by atoms with E-state index in [4.69, 9.17) is 14.2 Å². The molecule has 0 radical (unpaired) electrons. The molecule has 0 unspecified atom stereocenters. The molecule has 0 aromatic heterocycles. The minimum atomic E-state index is -0.336. The molecule has 0 spiro atoms. The maximum absolute atomic E-state index is 13.1. The molecule has 3 aromatic carbocycles. The van der Waals surface area contributed by atoms with Crippen LogP contribution in [0.4, 0.5) is 10.5 Å². The van der Waals surface area contributed by atoms with E-state index in [1.165, 1.54) is 11.3 Å². The summed E-state index contributed by atoms with van der Waals surface area (Å²) in [6.45, 7) is 6.42. The molecule has 2 aliphatic heterocycles. The normalized spacial score (nSPS) is 17.2. The zero-order valence-corrected chi connectivity index (χ0v) is 25.0. The number of carbonyl (C=O) groups is 2. The topological polar surface area (TPSA) is 71.6 Å². The number of thioether (sulfide) groups is 1. The third kappa shape index (κ3) is 7.94. The Morgan fingerprint density at radius 2 is 1.38 bits per heavy atom. The van der Waals surface area contributed by atoms with Gasteiger partial charge in [-0.2, -0.15) is 0 Å². The molecule has 3 aromatic rings. The van der Waals surface area contributed by atoms with Gasteiger partial charge in [0.1, 0.15) is 23.0 Å². The number of ether oxygens (including phenoxy) is 3. The molecule has 2 heterocycles. The van der Waals surface area contributed by atoms with Crippen molar-refractivity contribution in [2.24, 2.45) is 0 Å². The molecule has 0 bridgehead atoms. The molecule has 8 nitrogen and oxygen atoms in total. The molecule has 0 atom stereocenters. The number of benzene rings is 3. The molecule has 9 heteroatoms. The first-order chi connectivity index (χ1) is 20.5. The number of hydrogen-bond acceptors (Lipinski definition) is 8. The molecular weight excluding hydrogens is 550 g/mol. The molecule has 0 N–H and O–H groups in total. The van der Waals surface area contributed by atoms with Gasteiger partial charge in [-0.1, -0.05) is 12.1 Å². The van der Waals surface area contributed by atoms with Crippen LogP contribution >= 0.6 is 11.8 Å². The van der Waals surface area contributed by atoms with Gasteiger partial charge in [0.15, 0.2) is 0 Å². The molecule has 220 valence electrons. The lowest BCUT2D eigenvalue weighted by Crippen LogP contribution is -2.44. The summed E-state index contributed by atoms with van der Waals surface area (Å²) in [5.74, 6) is 2.51. The van der Waals surface area contributed by atoms with Gasteiger partial charge in [0.2, 0.25) is 0 Å². The number of carbonyl (C=O) groups excluding carboxylic acids is 2. The van der Waals surface area contributed by atoms with E-state index in [1.54, 1.807) is 25.3 Å². The van der Waals surface area contributed by atoms with Crippen LogP contribution in [0, 0.1) is 0 Å². The summed E-state index contributed by atoms with van der Waals surface area (Å²) in [7, 11) is 3.80. The lowest BCUT2D eigenvalue weighted by Gasteiger charge is -2.32. The number of nitrogens with zero attached hydrogens (tertiary/aromatic N) is 3. The Labute approximate surface area is 251 Å². The predicted molar refractivity (Wildman–Crippen MR) is 168 cm³/mol. The molecule has 5 rings (SSSR count). The fourth-order valence-corrected chi connectivity index (χ4v) is 5.66. The van der Waals surface area contributed by atoms with E-state index in [0.717, 1.165) is 74.4 Å². The van der Waals surface area contributed by atoms with Crippen molar-refractivity contribution >= 4 is 34.7 Å². The maximum Gasteiger partial charge on any atom is 0.298 e. The quantitative estimate of drug-likeness (QED) is 0.175. The third-order valence-electron chi connectivity index (χ3n) is 7.34. The van der Waals surface area contributed by atoms with E-state index < -0.39 is 0 Å². The Bertz CT molecular complexity index is 1370. The second kappa shape index (κ2) is 14.4. The van der Waals surface area contributed by atoms with Crippen LogP contribution in [0.15, 0.2) is 77.7 Å². The number of piperazine rings is 1. The second-order valence-electron chi connectivity index (χ2n) is 10.4. The Morgan fingerprint density at radius 1 is 0.762 bits per heavy atom. The Morgan fingerprint density at radius 3 is 2.05 bits per heavy atom. The summed E-state index contributed by atoms with van der Waals surface area (Å²) in [5, 5.41) is -0.320. The van der Waals surface area contributed by atoms with Crippen LogP contribution in [0.1, 0.15) is 24.8 Å². The van der Waals surface area contributed by atoms with Gasteiger partial charge >= 0.3 is 0 Å². The molecule has 2 amide bonds. The van der Waals surface area contributed by atoms with Crippen molar-refractivity contribution in [2.75, 3.05) is 58.4 Å².